The molecule has 8 heteroatoms. The second-order valence-corrected chi connectivity index (χ2v) is 5.87. The first kappa shape index (κ1) is 18.9. The monoisotopic (exact) mass is 377 g/mol. The summed E-state index contributed by atoms with van der Waals surface area (Å²) in [6.07, 6.45) is 2.32. The number of nitrogens with zero attached hydrogens (tertiary/aromatic N) is 2. The molecule has 25 heavy (non-hydrogen) atoms. The van der Waals surface area contributed by atoms with E-state index in [1.54, 1.807) is 31.4 Å². The van der Waals surface area contributed by atoms with Gasteiger partial charge in [-0.15, -0.1) is 0 Å². The van der Waals surface area contributed by atoms with Crippen LogP contribution in [0.4, 0.5) is 11.5 Å². The highest BCUT2D eigenvalue weighted by molar-refractivity contribution is 6.35. The molecule has 0 spiro atoms. The molecule has 0 aliphatic rings. The smallest absolute Gasteiger partial charge is 0.211 e. The molecule has 2 heterocycles. The maximum absolute atomic E-state index is 10.00. The van der Waals surface area contributed by atoms with Gasteiger partial charge < -0.3 is 10.7 Å². The number of rotatable bonds is 4. The summed E-state index contributed by atoms with van der Waals surface area (Å²) in [6, 6.07) is 10.7. The fraction of sp³-hybridized carbons (Fsp3) is 0.118. The summed E-state index contributed by atoms with van der Waals surface area (Å²) in [5.41, 5.74) is 8.31. The summed E-state index contributed by atoms with van der Waals surface area (Å²) in [6.45, 7) is 2.05. The summed E-state index contributed by atoms with van der Waals surface area (Å²) in [5.74, 6) is 0.788. The molecule has 3 rings (SSSR count). The van der Waals surface area contributed by atoms with Gasteiger partial charge in [0.1, 0.15) is 5.82 Å². The highest BCUT2D eigenvalue weighted by atomic mass is 35.5. The van der Waals surface area contributed by atoms with Gasteiger partial charge in [0.15, 0.2) is 5.65 Å². The lowest BCUT2D eigenvalue weighted by Gasteiger charge is -2.06. The number of carbonyl (C=O) groups excluding carboxylic acids is 1. The van der Waals surface area contributed by atoms with Crippen LogP contribution in [-0.2, 0) is 4.79 Å². The molecule has 0 saturated heterocycles. The van der Waals surface area contributed by atoms with E-state index in [2.05, 4.69) is 26.1 Å². The van der Waals surface area contributed by atoms with E-state index in [0.717, 1.165) is 16.9 Å². The van der Waals surface area contributed by atoms with E-state index in [0.29, 0.717) is 22.1 Å². The quantitative estimate of drug-likeness (QED) is 0.472. The van der Waals surface area contributed by atoms with Crippen molar-refractivity contribution in [3.05, 3.63) is 58.2 Å². The van der Waals surface area contributed by atoms with Gasteiger partial charge in [-0.2, -0.15) is 0 Å². The molecule has 2 aromatic heterocycles. The van der Waals surface area contributed by atoms with E-state index in [-0.39, 0.29) is 0 Å². The number of aromatic nitrogens is 2. The first-order chi connectivity index (χ1) is 12.0. The number of nitrogens with one attached hydrogen (secondary N) is 3. The molecule has 3 aromatic rings. The predicted octanol–water partition coefficient (Wildman–Crippen LogP) is 4.05. The van der Waals surface area contributed by atoms with Crippen molar-refractivity contribution in [2.45, 2.75) is 6.92 Å². The summed E-state index contributed by atoms with van der Waals surface area (Å²) in [5, 5.41) is 4.53. The molecule has 3 N–H and O–H groups in total. The Hall–Kier alpha value is -2.41. The van der Waals surface area contributed by atoms with Crippen LogP contribution in [0.1, 0.15) is 5.56 Å². The van der Waals surface area contributed by atoms with E-state index >= 15 is 0 Å². The zero-order valence-corrected chi connectivity index (χ0v) is 15.2. The average Bonchev–Trinajstić information content (AvgIpc) is 2.55. The average molecular weight is 378 g/mol. The van der Waals surface area contributed by atoms with Crippen LogP contribution >= 0.6 is 23.2 Å². The molecule has 0 unspecified atom stereocenters. The minimum absolute atomic E-state index is 0.502. The maximum Gasteiger partial charge on any atom is 0.211 e. The number of hydrogen-bond acceptors (Lipinski definition) is 5. The van der Waals surface area contributed by atoms with Crippen LogP contribution in [0.5, 0.6) is 0 Å². The standard InChI is InChI=1S/C10H12N4.C7H5Cl2NO/c1-7-6-9(14-11-2)13-10-8(7)4-3-5-12-10;8-5-1-6(9)3-7(2-5)10-4-11/h3-6,11H,1-2H3,(H,12,13,14);1-4H,(H,10,11). The van der Waals surface area contributed by atoms with Gasteiger partial charge in [0.25, 0.3) is 0 Å². The molecule has 0 radical (unpaired) electrons. The Balaban J connectivity index is 0.000000186. The maximum atomic E-state index is 10.00. The lowest BCUT2D eigenvalue weighted by molar-refractivity contribution is -0.105. The summed E-state index contributed by atoms with van der Waals surface area (Å²) in [7, 11) is 1.81. The zero-order chi connectivity index (χ0) is 18.2. The summed E-state index contributed by atoms with van der Waals surface area (Å²) >= 11 is 11.3. The van der Waals surface area contributed by atoms with Crippen LogP contribution in [0.3, 0.4) is 0 Å². The minimum Gasteiger partial charge on any atom is -0.329 e. The molecular formula is C17H17Cl2N5O. The SMILES string of the molecule is CNNc1cc(C)c2cccnc2n1.O=CNc1cc(Cl)cc(Cl)c1. The number of amides is 1. The second-order valence-electron chi connectivity index (χ2n) is 4.99. The van der Waals surface area contributed by atoms with Crippen LogP contribution < -0.4 is 16.2 Å². The van der Waals surface area contributed by atoms with Gasteiger partial charge in [0, 0.05) is 34.4 Å². The molecule has 0 aliphatic heterocycles. The first-order valence-electron chi connectivity index (χ1n) is 7.35. The number of halogens is 2. The molecular weight excluding hydrogens is 361 g/mol. The second kappa shape index (κ2) is 9.17. The third-order valence-corrected chi connectivity index (χ3v) is 3.57. The van der Waals surface area contributed by atoms with Crippen molar-refractivity contribution in [3.8, 4) is 0 Å². The Labute approximate surface area is 155 Å². The van der Waals surface area contributed by atoms with Crippen LogP contribution in [0.15, 0.2) is 42.6 Å². The number of hydrazine groups is 1. The number of pyridine rings is 2. The van der Waals surface area contributed by atoms with Gasteiger partial charge in [-0.1, -0.05) is 23.2 Å². The van der Waals surface area contributed by atoms with Crippen molar-refractivity contribution in [1.29, 1.82) is 0 Å². The molecule has 1 amide bonds. The minimum atomic E-state index is 0.502. The Bertz CT molecular complexity index is 853. The lowest BCUT2D eigenvalue weighted by Crippen LogP contribution is -2.16. The fourth-order valence-electron chi connectivity index (χ4n) is 2.12. The highest BCUT2D eigenvalue weighted by Crippen LogP contribution is 2.21. The summed E-state index contributed by atoms with van der Waals surface area (Å²) < 4.78 is 0. The van der Waals surface area contributed by atoms with Gasteiger partial charge in [-0.05, 0) is 48.9 Å². The Morgan fingerprint density at radius 3 is 2.48 bits per heavy atom. The molecule has 130 valence electrons. The number of anilines is 2. The Morgan fingerprint density at radius 2 is 1.84 bits per heavy atom. The van der Waals surface area contributed by atoms with Crippen LogP contribution in [0, 0.1) is 6.92 Å². The number of fused-ring (bicyclic) bond motifs is 1. The molecule has 0 bridgehead atoms. The van der Waals surface area contributed by atoms with Crippen molar-refractivity contribution in [2.75, 3.05) is 17.8 Å². The van der Waals surface area contributed by atoms with Crippen molar-refractivity contribution in [1.82, 2.24) is 15.4 Å². The molecule has 0 fully saturated rings. The lowest BCUT2D eigenvalue weighted by atomic mass is 10.2. The highest BCUT2D eigenvalue weighted by Gasteiger charge is 2.01. The van der Waals surface area contributed by atoms with Crippen LogP contribution in [-0.4, -0.2) is 23.4 Å². The van der Waals surface area contributed by atoms with Crippen molar-refractivity contribution < 1.29 is 4.79 Å². The zero-order valence-electron chi connectivity index (χ0n) is 13.7. The predicted molar refractivity (Wildman–Crippen MR) is 103 cm³/mol. The number of benzene rings is 1. The van der Waals surface area contributed by atoms with E-state index < -0.39 is 0 Å². The van der Waals surface area contributed by atoms with Crippen molar-refractivity contribution >= 4 is 52.2 Å². The van der Waals surface area contributed by atoms with E-state index in [9.17, 15) is 4.79 Å². The molecule has 6 nitrogen and oxygen atoms in total. The van der Waals surface area contributed by atoms with Gasteiger partial charge >= 0.3 is 0 Å². The number of aryl methyl sites for hydroxylation is 1. The fourth-order valence-corrected chi connectivity index (χ4v) is 2.65. The third kappa shape index (κ3) is 5.56. The van der Waals surface area contributed by atoms with Gasteiger partial charge in [-0.25, -0.2) is 15.4 Å². The molecule has 0 aliphatic carbocycles. The molecule has 1 aromatic carbocycles. The third-order valence-electron chi connectivity index (χ3n) is 3.13. The molecule has 0 atom stereocenters. The number of carbonyl (C=O) groups is 1. The van der Waals surface area contributed by atoms with Crippen molar-refractivity contribution in [2.24, 2.45) is 0 Å². The van der Waals surface area contributed by atoms with Gasteiger partial charge in [-0.3, -0.25) is 4.79 Å². The van der Waals surface area contributed by atoms with Crippen LogP contribution in [0.2, 0.25) is 10.0 Å². The topological polar surface area (TPSA) is 78.9 Å². The van der Waals surface area contributed by atoms with E-state index in [1.165, 1.54) is 5.56 Å². The van der Waals surface area contributed by atoms with E-state index in [4.69, 9.17) is 23.2 Å². The normalized spacial score (nSPS) is 9.92. The van der Waals surface area contributed by atoms with Gasteiger partial charge in [0.2, 0.25) is 6.41 Å². The number of hydrogen-bond donors (Lipinski definition) is 3. The van der Waals surface area contributed by atoms with E-state index in [1.807, 2.05) is 25.1 Å². The Kier molecular flexibility index (Phi) is 6.94. The van der Waals surface area contributed by atoms with Crippen LogP contribution in [0.25, 0.3) is 11.0 Å². The first-order valence-corrected chi connectivity index (χ1v) is 8.10. The molecule has 0 saturated carbocycles. The largest absolute Gasteiger partial charge is 0.329 e. The van der Waals surface area contributed by atoms with Crippen molar-refractivity contribution in [3.63, 3.8) is 0 Å². The Morgan fingerprint density at radius 1 is 1.12 bits per heavy atom. The van der Waals surface area contributed by atoms with Gasteiger partial charge in [0.05, 0.1) is 0 Å². The summed E-state index contributed by atoms with van der Waals surface area (Å²) in [4.78, 5) is 18.5.